The largest absolute Gasteiger partial charge is 0.497 e. The predicted octanol–water partition coefficient (Wildman–Crippen LogP) is 3.66. The molecule has 2 aromatic carbocycles. The van der Waals surface area contributed by atoms with Crippen molar-refractivity contribution in [3.63, 3.8) is 0 Å². The van der Waals surface area contributed by atoms with Gasteiger partial charge >= 0.3 is 5.97 Å². The summed E-state index contributed by atoms with van der Waals surface area (Å²) in [7, 11) is 1.61. The minimum atomic E-state index is -0.436. The first-order valence-corrected chi connectivity index (χ1v) is 7.31. The second-order valence-corrected chi connectivity index (χ2v) is 5.41. The van der Waals surface area contributed by atoms with Crippen LogP contribution in [-0.4, -0.2) is 19.0 Å². The van der Waals surface area contributed by atoms with Gasteiger partial charge in [-0.2, -0.15) is 0 Å². The molecule has 1 aliphatic heterocycles. The van der Waals surface area contributed by atoms with Crippen LogP contribution in [0.3, 0.4) is 0 Å². The molecule has 0 radical (unpaired) electrons. The number of ether oxygens (including phenoxy) is 2. The molecule has 3 rings (SSSR count). The summed E-state index contributed by atoms with van der Waals surface area (Å²) >= 11 is 0. The van der Waals surface area contributed by atoms with Crippen LogP contribution in [0.4, 0.5) is 0 Å². The summed E-state index contributed by atoms with van der Waals surface area (Å²) in [6.45, 7) is 4.06. The number of cyclic esters (lactones) is 1. The number of hydrogen-bond donors (Lipinski definition) is 0. The fraction of sp³-hybridized carbons (Fsp3) is 0.158. The smallest absolute Gasteiger partial charge is 0.363 e. The molecule has 0 saturated carbocycles. The molecule has 1 heterocycles. The van der Waals surface area contributed by atoms with E-state index in [-0.39, 0.29) is 0 Å². The highest BCUT2D eigenvalue weighted by Crippen LogP contribution is 2.21. The van der Waals surface area contributed by atoms with Crippen LogP contribution in [-0.2, 0) is 9.53 Å². The summed E-state index contributed by atoms with van der Waals surface area (Å²) in [6, 6.07) is 13.3. The number of carbonyl (C=O) groups excluding carboxylic acids is 1. The van der Waals surface area contributed by atoms with Crippen molar-refractivity contribution in [2.75, 3.05) is 7.11 Å². The summed E-state index contributed by atoms with van der Waals surface area (Å²) < 4.78 is 10.4. The van der Waals surface area contributed by atoms with Gasteiger partial charge in [0.05, 0.1) is 7.11 Å². The van der Waals surface area contributed by atoms with E-state index in [2.05, 4.69) is 4.99 Å². The molecule has 2 aromatic rings. The maximum atomic E-state index is 12.0. The molecule has 1 aliphatic rings. The number of aryl methyl sites for hydroxylation is 2. The van der Waals surface area contributed by atoms with Crippen LogP contribution in [0.25, 0.3) is 6.08 Å². The quantitative estimate of drug-likeness (QED) is 0.642. The lowest BCUT2D eigenvalue weighted by atomic mass is 10.1. The standard InChI is InChI=1S/C19H17NO3/c1-12-4-7-15(10-13(12)2)18-20-17(19(21)23-18)11-14-5-8-16(22-3)9-6-14/h4-11H,1-3H3. The maximum Gasteiger partial charge on any atom is 0.363 e. The lowest BCUT2D eigenvalue weighted by Crippen LogP contribution is -2.05. The van der Waals surface area contributed by atoms with Crippen molar-refractivity contribution >= 4 is 17.9 Å². The molecule has 23 heavy (non-hydrogen) atoms. The third kappa shape index (κ3) is 3.16. The summed E-state index contributed by atoms with van der Waals surface area (Å²) in [5, 5.41) is 0. The molecule has 0 spiro atoms. The topological polar surface area (TPSA) is 47.9 Å². The second-order valence-electron chi connectivity index (χ2n) is 5.41. The number of rotatable bonds is 3. The number of methoxy groups -OCH3 is 1. The first-order chi connectivity index (χ1) is 11.1. The number of hydrogen-bond acceptors (Lipinski definition) is 4. The van der Waals surface area contributed by atoms with Crippen molar-refractivity contribution in [1.82, 2.24) is 0 Å². The summed E-state index contributed by atoms with van der Waals surface area (Å²) in [6.07, 6.45) is 1.70. The lowest BCUT2D eigenvalue weighted by molar-refractivity contribution is -0.129. The SMILES string of the molecule is COc1ccc(C=C2N=C(c3ccc(C)c(C)c3)OC2=O)cc1. The molecule has 4 nitrogen and oxygen atoms in total. The van der Waals surface area contributed by atoms with Crippen LogP contribution < -0.4 is 4.74 Å². The van der Waals surface area contributed by atoms with E-state index in [1.165, 1.54) is 5.56 Å². The predicted molar refractivity (Wildman–Crippen MR) is 89.5 cm³/mol. The van der Waals surface area contributed by atoms with Crippen LogP contribution in [0.2, 0.25) is 0 Å². The second kappa shape index (κ2) is 6.08. The lowest BCUT2D eigenvalue weighted by Gasteiger charge is -2.03. The van der Waals surface area contributed by atoms with E-state index in [0.717, 1.165) is 22.4 Å². The Bertz CT molecular complexity index is 817. The fourth-order valence-corrected chi connectivity index (χ4v) is 2.27. The molecule has 0 unspecified atom stereocenters. The van der Waals surface area contributed by atoms with Crippen LogP contribution in [0, 0.1) is 13.8 Å². The summed E-state index contributed by atoms with van der Waals surface area (Å²) in [5.74, 6) is 0.673. The average Bonchev–Trinajstić information content (AvgIpc) is 2.92. The molecule has 0 fully saturated rings. The minimum absolute atomic E-state index is 0.295. The van der Waals surface area contributed by atoms with E-state index < -0.39 is 5.97 Å². The Hall–Kier alpha value is -2.88. The first kappa shape index (κ1) is 15.0. The summed E-state index contributed by atoms with van der Waals surface area (Å²) in [5.41, 5.74) is 4.28. The fourth-order valence-electron chi connectivity index (χ4n) is 2.27. The van der Waals surface area contributed by atoms with E-state index in [1.54, 1.807) is 13.2 Å². The van der Waals surface area contributed by atoms with Gasteiger partial charge in [-0.05, 0) is 60.9 Å². The molecule has 0 aromatic heterocycles. The first-order valence-electron chi connectivity index (χ1n) is 7.31. The average molecular weight is 307 g/mol. The van der Waals surface area contributed by atoms with Gasteiger partial charge < -0.3 is 9.47 Å². The molecule has 0 saturated heterocycles. The highest BCUT2D eigenvalue weighted by molar-refractivity contribution is 6.12. The normalized spacial score (nSPS) is 15.5. The molecule has 116 valence electrons. The number of carbonyl (C=O) groups is 1. The maximum absolute atomic E-state index is 12.0. The van der Waals surface area contributed by atoms with Crippen molar-refractivity contribution in [1.29, 1.82) is 0 Å². The molecular formula is C19H17NO3. The zero-order valence-corrected chi connectivity index (χ0v) is 13.3. The van der Waals surface area contributed by atoms with Crippen molar-refractivity contribution in [3.8, 4) is 5.75 Å². The Kier molecular flexibility index (Phi) is 3.98. The van der Waals surface area contributed by atoms with Gasteiger partial charge in [0.2, 0.25) is 5.90 Å². The van der Waals surface area contributed by atoms with E-state index in [4.69, 9.17) is 9.47 Å². The monoisotopic (exact) mass is 307 g/mol. The van der Waals surface area contributed by atoms with Crippen LogP contribution in [0.1, 0.15) is 22.3 Å². The number of aliphatic imine (C=N–C) groups is 1. The molecule has 0 atom stereocenters. The number of nitrogens with zero attached hydrogens (tertiary/aromatic N) is 1. The van der Waals surface area contributed by atoms with Crippen LogP contribution in [0.15, 0.2) is 53.2 Å². The van der Waals surface area contributed by atoms with Gasteiger partial charge in [-0.15, -0.1) is 0 Å². The van der Waals surface area contributed by atoms with Crippen LogP contribution in [0.5, 0.6) is 5.75 Å². The molecular weight excluding hydrogens is 290 g/mol. The van der Waals surface area contributed by atoms with Gasteiger partial charge in [0, 0.05) is 5.56 Å². The minimum Gasteiger partial charge on any atom is -0.497 e. The van der Waals surface area contributed by atoms with Gasteiger partial charge in [-0.1, -0.05) is 18.2 Å². The van der Waals surface area contributed by atoms with E-state index in [9.17, 15) is 4.79 Å². The van der Waals surface area contributed by atoms with Gasteiger partial charge in [0.15, 0.2) is 5.70 Å². The Morgan fingerprint density at radius 3 is 2.43 bits per heavy atom. The van der Waals surface area contributed by atoms with Crippen molar-refractivity contribution < 1.29 is 14.3 Å². The highest BCUT2D eigenvalue weighted by atomic mass is 16.6. The molecule has 0 amide bonds. The third-order valence-corrected chi connectivity index (χ3v) is 3.79. The van der Waals surface area contributed by atoms with Gasteiger partial charge in [0.1, 0.15) is 5.75 Å². The highest BCUT2D eigenvalue weighted by Gasteiger charge is 2.24. The Balaban J connectivity index is 1.90. The third-order valence-electron chi connectivity index (χ3n) is 3.79. The molecule has 0 bridgehead atoms. The van der Waals surface area contributed by atoms with Gasteiger partial charge in [-0.3, -0.25) is 0 Å². The van der Waals surface area contributed by atoms with E-state index in [1.807, 2.05) is 56.3 Å². The van der Waals surface area contributed by atoms with Crippen molar-refractivity contribution in [2.24, 2.45) is 4.99 Å². The Morgan fingerprint density at radius 2 is 1.78 bits per heavy atom. The molecule has 0 aliphatic carbocycles. The molecule has 0 N–H and O–H groups in total. The van der Waals surface area contributed by atoms with E-state index in [0.29, 0.717) is 11.6 Å². The Labute approximate surface area is 135 Å². The van der Waals surface area contributed by atoms with Crippen LogP contribution >= 0.6 is 0 Å². The van der Waals surface area contributed by atoms with Crippen molar-refractivity contribution in [2.45, 2.75) is 13.8 Å². The van der Waals surface area contributed by atoms with Gasteiger partial charge in [0.25, 0.3) is 0 Å². The summed E-state index contributed by atoms with van der Waals surface area (Å²) in [4.78, 5) is 16.3. The van der Waals surface area contributed by atoms with E-state index >= 15 is 0 Å². The molecule has 4 heteroatoms. The Morgan fingerprint density at radius 1 is 1.04 bits per heavy atom. The zero-order chi connectivity index (χ0) is 16.4. The van der Waals surface area contributed by atoms with Crippen molar-refractivity contribution in [3.05, 3.63) is 70.4 Å². The number of benzene rings is 2. The van der Waals surface area contributed by atoms with Gasteiger partial charge in [-0.25, -0.2) is 9.79 Å². The zero-order valence-electron chi connectivity index (χ0n) is 13.3. The number of esters is 1.